The monoisotopic (exact) mass is 186 g/mol. The molecule has 4 heteroatoms. The van der Waals surface area contributed by atoms with Gasteiger partial charge >= 0.3 is 51.4 Å². The molecular weight excluding hydrogens is 171 g/mol. The van der Waals surface area contributed by atoms with Crippen LogP contribution in [-0.4, -0.2) is 19.2 Å². The summed E-state index contributed by atoms with van der Waals surface area (Å²) in [7, 11) is 0. The summed E-state index contributed by atoms with van der Waals surface area (Å²) in [5.41, 5.74) is 0. The van der Waals surface area contributed by atoms with Gasteiger partial charge in [-0.15, -0.1) is 0 Å². The predicted molar refractivity (Wildman–Crippen MR) is 36.3 cm³/mol. The molecule has 0 unspecified atom stereocenters. The van der Waals surface area contributed by atoms with E-state index in [-0.39, 0.29) is 51.4 Å². The third-order valence-electron chi connectivity index (χ3n) is 1.16. The second-order valence-corrected chi connectivity index (χ2v) is 1.90. The molecule has 0 atom stereocenters. The smallest absolute Gasteiger partial charge is 0.807 e. The van der Waals surface area contributed by atoms with Gasteiger partial charge in [-0.25, -0.2) is 0 Å². The van der Waals surface area contributed by atoms with Crippen molar-refractivity contribution in [2.24, 2.45) is 0 Å². The van der Waals surface area contributed by atoms with Crippen LogP contribution in [0.5, 0.6) is 0 Å². The topological polar surface area (TPSA) is 41.5 Å². The van der Waals surface area contributed by atoms with Crippen molar-refractivity contribution >= 4 is 0 Å². The fourth-order valence-corrected chi connectivity index (χ4v) is 0.686. The van der Waals surface area contributed by atoms with E-state index in [2.05, 4.69) is 0 Å². The van der Waals surface area contributed by atoms with E-state index in [1.807, 2.05) is 0 Å². The first-order valence-corrected chi connectivity index (χ1v) is 3.66. The molecule has 0 aliphatic heterocycles. The molecule has 0 radical (unpaired) electrons. The zero-order valence-corrected chi connectivity index (χ0v) is 11.0. The van der Waals surface area contributed by atoms with Crippen LogP contribution in [0.2, 0.25) is 0 Å². The quantitative estimate of drug-likeness (QED) is 0.352. The Morgan fingerprint density at radius 2 is 1.45 bits per heavy atom. The molecule has 0 fully saturated rings. The molecule has 0 aliphatic rings. The Morgan fingerprint density at radius 3 is 1.64 bits per heavy atom. The standard InChI is InChI=1S/C7H15O3.K/c1-4-7(8,9-5-2)10-6-3;/h4-6H2,1-3H3;/q-1;+1. The van der Waals surface area contributed by atoms with Crippen molar-refractivity contribution in [2.45, 2.75) is 33.2 Å². The van der Waals surface area contributed by atoms with Crippen LogP contribution in [0, 0.1) is 0 Å². The van der Waals surface area contributed by atoms with Gasteiger partial charge in [0.2, 0.25) is 0 Å². The number of hydrogen-bond donors (Lipinski definition) is 0. The molecule has 0 spiro atoms. The molecule has 0 heterocycles. The zero-order valence-electron chi connectivity index (χ0n) is 7.85. The molecule has 0 aromatic carbocycles. The minimum atomic E-state index is -1.61. The van der Waals surface area contributed by atoms with Gasteiger partial charge in [0.25, 0.3) is 0 Å². The predicted octanol–water partition coefficient (Wildman–Crippen LogP) is -2.51. The van der Waals surface area contributed by atoms with Crippen LogP contribution in [0.4, 0.5) is 0 Å². The Kier molecular flexibility index (Phi) is 11.1. The Hall–Kier alpha value is 1.52. The van der Waals surface area contributed by atoms with Crippen LogP contribution in [-0.2, 0) is 9.47 Å². The van der Waals surface area contributed by atoms with Crippen LogP contribution in [0.1, 0.15) is 27.2 Å². The number of ether oxygens (including phenoxy) is 2. The van der Waals surface area contributed by atoms with E-state index in [1.54, 1.807) is 20.8 Å². The van der Waals surface area contributed by atoms with Gasteiger partial charge in [0.05, 0.1) is 5.97 Å². The van der Waals surface area contributed by atoms with Crippen LogP contribution < -0.4 is 56.5 Å². The normalized spacial score (nSPS) is 10.9. The maximum Gasteiger partial charge on any atom is 1.00 e. The summed E-state index contributed by atoms with van der Waals surface area (Å²) in [6.45, 7) is 6.11. The van der Waals surface area contributed by atoms with Crippen LogP contribution in [0.15, 0.2) is 0 Å². The zero-order chi connectivity index (χ0) is 8.04. The first-order valence-electron chi connectivity index (χ1n) is 3.66. The van der Waals surface area contributed by atoms with Crippen molar-refractivity contribution in [3.8, 4) is 0 Å². The molecule has 11 heavy (non-hydrogen) atoms. The van der Waals surface area contributed by atoms with Crippen molar-refractivity contribution in [3.05, 3.63) is 0 Å². The molecule has 0 rings (SSSR count). The Morgan fingerprint density at radius 1 is 1.09 bits per heavy atom. The molecule has 0 aliphatic carbocycles. The third-order valence-corrected chi connectivity index (χ3v) is 1.16. The minimum Gasteiger partial charge on any atom is -0.807 e. The number of hydrogen-bond acceptors (Lipinski definition) is 3. The summed E-state index contributed by atoms with van der Waals surface area (Å²) in [6, 6.07) is 0. The van der Waals surface area contributed by atoms with Gasteiger partial charge in [0.1, 0.15) is 0 Å². The maximum atomic E-state index is 11.2. The molecule has 0 saturated heterocycles. The minimum absolute atomic E-state index is 0. The van der Waals surface area contributed by atoms with Crippen molar-refractivity contribution < 1.29 is 66.0 Å². The van der Waals surface area contributed by atoms with E-state index in [4.69, 9.17) is 9.47 Å². The fourth-order valence-electron chi connectivity index (χ4n) is 0.686. The fraction of sp³-hybridized carbons (Fsp3) is 1.00. The summed E-state index contributed by atoms with van der Waals surface area (Å²) < 4.78 is 9.68. The van der Waals surface area contributed by atoms with Crippen LogP contribution >= 0.6 is 0 Å². The Bertz CT molecular complexity index is 81.8. The van der Waals surface area contributed by atoms with E-state index >= 15 is 0 Å². The molecular formula is C7H15KO3. The first kappa shape index (κ1) is 15.0. The largest absolute Gasteiger partial charge is 1.00 e. The summed E-state index contributed by atoms with van der Waals surface area (Å²) in [5.74, 6) is -1.61. The Balaban J connectivity index is 0. The van der Waals surface area contributed by atoms with Gasteiger partial charge in [0, 0.05) is 13.2 Å². The average Bonchev–Trinajstić information content (AvgIpc) is 1.89. The van der Waals surface area contributed by atoms with E-state index < -0.39 is 5.97 Å². The molecule has 0 bridgehead atoms. The van der Waals surface area contributed by atoms with Gasteiger partial charge in [-0.3, -0.25) is 0 Å². The summed E-state index contributed by atoms with van der Waals surface area (Å²) >= 11 is 0. The molecule has 62 valence electrons. The molecule has 0 aromatic rings. The van der Waals surface area contributed by atoms with Crippen LogP contribution in [0.3, 0.4) is 0 Å². The maximum absolute atomic E-state index is 11.2. The van der Waals surface area contributed by atoms with Gasteiger partial charge < -0.3 is 14.6 Å². The molecule has 0 amide bonds. The first-order chi connectivity index (χ1) is 4.68. The summed E-state index contributed by atoms with van der Waals surface area (Å²) in [5, 5.41) is 11.2. The third kappa shape index (κ3) is 6.66. The van der Waals surface area contributed by atoms with Crippen molar-refractivity contribution in [2.75, 3.05) is 13.2 Å². The van der Waals surface area contributed by atoms with E-state index in [0.717, 1.165) is 0 Å². The van der Waals surface area contributed by atoms with Crippen molar-refractivity contribution in [1.82, 2.24) is 0 Å². The van der Waals surface area contributed by atoms with Gasteiger partial charge in [0.15, 0.2) is 0 Å². The van der Waals surface area contributed by atoms with Crippen molar-refractivity contribution in [1.29, 1.82) is 0 Å². The average molecular weight is 186 g/mol. The van der Waals surface area contributed by atoms with Gasteiger partial charge in [-0.2, -0.15) is 0 Å². The van der Waals surface area contributed by atoms with E-state index in [9.17, 15) is 5.11 Å². The summed E-state index contributed by atoms with van der Waals surface area (Å²) in [4.78, 5) is 0. The summed E-state index contributed by atoms with van der Waals surface area (Å²) in [6.07, 6.45) is 0.342. The molecule has 0 saturated carbocycles. The second kappa shape index (κ2) is 8.13. The van der Waals surface area contributed by atoms with E-state index in [0.29, 0.717) is 19.6 Å². The second-order valence-electron chi connectivity index (χ2n) is 1.90. The molecule has 0 aromatic heterocycles. The Labute approximate surface area is 111 Å². The van der Waals surface area contributed by atoms with Gasteiger partial charge in [-0.05, 0) is 20.3 Å². The molecule has 0 N–H and O–H groups in total. The van der Waals surface area contributed by atoms with E-state index in [1.165, 1.54) is 0 Å². The number of rotatable bonds is 5. The SMILES string of the molecule is CCOC([O-])(CC)OCC.[K+]. The van der Waals surface area contributed by atoms with Crippen LogP contribution in [0.25, 0.3) is 0 Å². The van der Waals surface area contributed by atoms with Gasteiger partial charge in [-0.1, -0.05) is 6.92 Å². The van der Waals surface area contributed by atoms with Crippen molar-refractivity contribution in [3.63, 3.8) is 0 Å². The molecule has 3 nitrogen and oxygen atoms in total.